The van der Waals surface area contributed by atoms with Gasteiger partial charge in [-0.1, -0.05) is 103 Å². The summed E-state index contributed by atoms with van der Waals surface area (Å²) in [7, 11) is -3.25. The lowest BCUT2D eigenvalue weighted by Crippen LogP contribution is -1.99. The first-order valence-electron chi connectivity index (χ1n) is 11.8. The summed E-state index contributed by atoms with van der Waals surface area (Å²) in [6.07, 6.45) is 23.3. The van der Waals surface area contributed by atoms with Gasteiger partial charge in [0.05, 0.1) is 19.8 Å². The number of phosphoric ester groups is 1. The van der Waals surface area contributed by atoms with Crippen LogP contribution in [0.15, 0.2) is 0 Å². The Labute approximate surface area is 168 Å². The molecule has 0 saturated carbocycles. The van der Waals surface area contributed by atoms with Gasteiger partial charge in [-0.05, 0) is 19.3 Å². The summed E-state index contributed by atoms with van der Waals surface area (Å²) in [4.78, 5) is 0. The molecule has 162 valence electrons. The average molecular weight is 405 g/mol. The Kier molecular flexibility index (Phi) is 16.9. The second-order valence-electron chi connectivity index (χ2n) is 7.96. The highest BCUT2D eigenvalue weighted by Gasteiger charge is 2.27. The van der Waals surface area contributed by atoms with E-state index in [1.165, 1.54) is 89.9 Å². The predicted molar refractivity (Wildman–Crippen MR) is 114 cm³/mol. The van der Waals surface area contributed by atoms with Gasteiger partial charge in [-0.3, -0.25) is 13.6 Å². The Bertz CT molecular complexity index is 350. The smallest absolute Gasteiger partial charge is 0.287 e. The molecule has 4 nitrogen and oxygen atoms in total. The van der Waals surface area contributed by atoms with Crippen molar-refractivity contribution >= 4 is 7.82 Å². The molecular weight excluding hydrogens is 359 g/mol. The maximum Gasteiger partial charge on any atom is 0.474 e. The van der Waals surface area contributed by atoms with Crippen LogP contribution in [0.25, 0.3) is 0 Å². The molecule has 0 radical (unpaired) electrons. The summed E-state index contributed by atoms with van der Waals surface area (Å²) < 4.78 is 28.0. The molecule has 1 fully saturated rings. The van der Waals surface area contributed by atoms with E-state index in [-0.39, 0.29) is 0 Å². The Morgan fingerprint density at radius 1 is 0.630 bits per heavy atom. The van der Waals surface area contributed by atoms with Gasteiger partial charge in [-0.2, -0.15) is 0 Å². The Morgan fingerprint density at radius 2 is 1.00 bits per heavy atom. The lowest BCUT2D eigenvalue weighted by Gasteiger charge is -2.14. The fraction of sp³-hybridized carbons (Fsp3) is 1.00. The largest absolute Gasteiger partial charge is 0.474 e. The number of unbranched alkanes of at least 4 members (excludes halogenated alkanes) is 15. The zero-order chi connectivity index (χ0) is 19.5. The van der Waals surface area contributed by atoms with E-state index in [2.05, 4.69) is 6.92 Å². The molecule has 0 N–H and O–H groups in total. The van der Waals surface area contributed by atoms with E-state index in [1.807, 2.05) is 0 Å². The Morgan fingerprint density at radius 3 is 1.41 bits per heavy atom. The lowest BCUT2D eigenvalue weighted by atomic mass is 10.0. The van der Waals surface area contributed by atoms with E-state index >= 15 is 0 Å². The fourth-order valence-electron chi connectivity index (χ4n) is 3.50. The fourth-order valence-corrected chi connectivity index (χ4v) is 4.78. The molecule has 0 spiro atoms. The van der Waals surface area contributed by atoms with Crippen LogP contribution in [0.3, 0.4) is 0 Å². The van der Waals surface area contributed by atoms with Gasteiger partial charge in [0, 0.05) is 0 Å². The zero-order valence-corrected chi connectivity index (χ0v) is 18.8. The third-order valence-corrected chi connectivity index (χ3v) is 6.78. The molecule has 0 amide bonds. The highest BCUT2D eigenvalue weighted by Crippen LogP contribution is 2.50. The van der Waals surface area contributed by atoms with Gasteiger partial charge in [-0.15, -0.1) is 0 Å². The summed E-state index contributed by atoms with van der Waals surface area (Å²) in [5.74, 6) is 0. The summed E-state index contributed by atoms with van der Waals surface area (Å²) in [6, 6.07) is 0. The van der Waals surface area contributed by atoms with Gasteiger partial charge < -0.3 is 0 Å². The summed E-state index contributed by atoms with van der Waals surface area (Å²) in [5, 5.41) is 0. The van der Waals surface area contributed by atoms with Gasteiger partial charge >= 0.3 is 7.82 Å². The first kappa shape index (κ1) is 25.1. The van der Waals surface area contributed by atoms with Crippen LogP contribution in [0.5, 0.6) is 0 Å². The molecule has 1 rings (SSSR count). The third kappa shape index (κ3) is 15.7. The molecule has 1 saturated heterocycles. The molecule has 1 aliphatic heterocycles. The van der Waals surface area contributed by atoms with Gasteiger partial charge in [0.25, 0.3) is 0 Å². The van der Waals surface area contributed by atoms with Crippen molar-refractivity contribution in [3.8, 4) is 0 Å². The van der Waals surface area contributed by atoms with Crippen molar-refractivity contribution in [2.45, 2.75) is 122 Å². The molecule has 0 unspecified atom stereocenters. The van der Waals surface area contributed by atoms with Crippen molar-refractivity contribution in [1.82, 2.24) is 0 Å². The number of hydrogen-bond acceptors (Lipinski definition) is 4. The second-order valence-corrected chi connectivity index (χ2v) is 9.63. The van der Waals surface area contributed by atoms with Crippen LogP contribution in [0, 0.1) is 0 Å². The summed E-state index contributed by atoms with van der Waals surface area (Å²) >= 11 is 0. The van der Waals surface area contributed by atoms with Gasteiger partial charge in [0.1, 0.15) is 0 Å². The van der Waals surface area contributed by atoms with Crippen molar-refractivity contribution in [3.05, 3.63) is 0 Å². The second kappa shape index (κ2) is 18.2. The summed E-state index contributed by atoms with van der Waals surface area (Å²) in [6.45, 7) is 3.73. The third-order valence-electron chi connectivity index (χ3n) is 5.28. The quantitative estimate of drug-likeness (QED) is 0.170. The van der Waals surface area contributed by atoms with Crippen LogP contribution in [-0.4, -0.2) is 19.8 Å². The molecule has 1 heterocycles. The van der Waals surface area contributed by atoms with Crippen LogP contribution < -0.4 is 0 Å². The van der Waals surface area contributed by atoms with E-state index in [9.17, 15) is 4.57 Å². The van der Waals surface area contributed by atoms with E-state index < -0.39 is 7.82 Å². The van der Waals surface area contributed by atoms with Crippen molar-refractivity contribution in [2.24, 2.45) is 0 Å². The average Bonchev–Trinajstić information content (AvgIpc) is 2.89. The minimum absolute atomic E-state index is 0.482. The van der Waals surface area contributed by atoms with Crippen LogP contribution >= 0.6 is 7.82 Å². The van der Waals surface area contributed by atoms with Crippen molar-refractivity contribution in [1.29, 1.82) is 0 Å². The molecule has 0 bridgehead atoms. The van der Waals surface area contributed by atoms with Crippen LogP contribution in [0.4, 0.5) is 0 Å². The van der Waals surface area contributed by atoms with E-state index in [0.29, 0.717) is 19.8 Å². The molecule has 1 aliphatic rings. The molecule has 0 aromatic carbocycles. The Balaban J connectivity index is 1.75. The maximum atomic E-state index is 12.1. The SMILES string of the molecule is CCCCCCCCCCCCCCCCCCOP1(=O)OCCCCO1. The summed E-state index contributed by atoms with van der Waals surface area (Å²) in [5.41, 5.74) is 0. The Hall–Kier alpha value is 0.110. The topological polar surface area (TPSA) is 44.8 Å². The standard InChI is InChI=1S/C22H45O4P/c1-2-3-4-5-6-7-8-9-10-11-12-13-14-15-16-17-20-24-27(23)25-21-18-19-22-26-27/h2-22H2,1H3. The molecule has 5 heteroatoms. The van der Waals surface area contributed by atoms with Crippen molar-refractivity contribution in [2.75, 3.05) is 19.8 Å². The van der Waals surface area contributed by atoms with Crippen molar-refractivity contribution < 1.29 is 18.1 Å². The first-order chi connectivity index (χ1) is 13.3. The monoisotopic (exact) mass is 404 g/mol. The number of phosphoric acid groups is 1. The van der Waals surface area contributed by atoms with Gasteiger partial charge in [0.15, 0.2) is 0 Å². The molecular formula is C22H45O4P. The minimum Gasteiger partial charge on any atom is -0.287 e. The highest BCUT2D eigenvalue weighted by molar-refractivity contribution is 7.48. The van der Waals surface area contributed by atoms with Crippen molar-refractivity contribution in [3.63, 3.8) is 0 Å². The predicted octanol–water partition coefficient (Wildman–Crippen LogP) is 8.20. The lowest BCUT2D eigenvalue weighted by molar-refractivity contribution is 0.130. The van der Waals surface area contributed by atoms with Gasteiger partial charge in [-0.25, -0.2) is 4.57 Å². The molecule has 0 atom stereocenters. The molecule has 0 aliphatic carbocycles. The number of rotatable bonds is 18. The highest BCUT2D eigenvalue weighted by atomic mass is 31.2. The number of hydrogen-bond donors (Lipinski definition) is 0. The minimum atomic E-state index is -3.25. The normalized spacial score (nSPS) is 17.1. The van der Waals surface area contributed by atoms with E-state index in [1.54, 1.807) is 0 Å². The molecule has 0 aromatic heterocycles. The van der Waals surface area contributed by atoms with Crippen LogP contribution in [0.2, 0.25) is 0 Å². The van der Waals surface area contributed by atoms with E-state index in [4.69, 9.17) is 13.6 Å². The molecule has 27 heavy (non-hydrogen) atoms. The van der Waals surface area contributed by atoms with E-state index in [0.717, 1.165) is 25.7 Å². The maximum absolute atomic E-state index is 12.1. The zero-order valence-electron chi connectivity index (χ0n) is 17.9. The van der Waals surface area contributed by atoms with Crippen LogP contribution in [-0.2, 0) is 18.1 Å². The molecule has 0 aromatic rings. The first-order valence-corrected chi connectivity index (χ1v) is 13.3. The van der Waals surface area contributed by atoms with Gasteiger partial charge in [0.2, 0.25) is 0 Å². The van der Waals surface area contributed by atoms with Crippen LogP contribution in [0.1, 0.15) is 122 Å².